The molecule has 2 heterocycles. The van der Waals surface area contributed by atoms with Gasteiger partial charge >= 0.3 is 5.97 Å². The third kappa shape index (κ3) is 21.2. The molecule has 2 saturated heterocycles. The van der Waals surface area contributed by atoms with Gasteiger partial charge in [-0.25, -0.2) is 0 Å². The highest BCUT2D eigenvalue weighted by atomic mass is 33.1. The van der Waals surface area contributed by atoms with Gasteiger partial charge in [0.25, 0.3) is 0 Å². The predicted molar refractivity (Wildman–Crippen MR) is 175 cm³/mol. The highest BCUT2D eigenvalue weighted by Crippen LogP contribution is 2.40. The Balaban J connectivity index is 0.000000395. The van der Waals surface area contributed by atoms with E-state index in [1.54, 1.807) is 0 Å². The number of carbonyl (C=O) groups is 3. The van der Waals surface area contributed by atoms with Gasteiger partial charge in [-0.05, 0) is 69.6 Å². The minimum absolute atomic E-state index is 0.0153. The largest absolute Gasteiger partial charge is 0.481 e. The second-order valence-corrected chi connectivity index (χ2v) is 17.1. The fourth-order valence-electron chi connectivity index (χ4n) is 4.44. The lowest BCUT2D eigenvalue weighted by molar-refractivity contribution is -0.142. The molecule has 0 bridgehead atoms. The second kappa shape index (κ2) is 23.4. The van der Waals surface area contributed by atoms with Gasteiger partial charge in [0.15, 0.2) is 0 Å². The van der Waals surface area contributed by atoms with Crippen LogP contribution in [-0.4, -0.2) is 58.0 Å². The second-order valence-electron chi connectivity index (χ2n) is 11.5. The molecule has 0 saturated carbocycles. The minimum Gasteiger partial charge on any atom is -0.481 e. The summed E-state index contributed by atoms with van der Waals surface area (Å²) in [6, 6.07) is 0. The Labute approximate surface area is 254 Å². The van der Waals surface area contributed by atoms with Gasteiger partial charge in [0.05, 0.1) is 5.92 Å². The summed E-state index contributed by atoms with van der Waals surface area (Å²) >= 11 is 0. The number of hydrogen-bond donors (Lipinski definition) is 3. The standard InChI is InChI=1S/C15H27NO3S2.C14H27NOS2/c1-11(2)9-12(15(18)19)10-16-14(17)6-4-3-5-13-7-8-20-21-13;1-12(2)6-5-10-15-14(16)8-4-3-7-13-9-11-17-18-13/h11-13H,3-10H2,1-2H3,(H,16,17)(H,18,19);12-13H,3-11H2,1-2H3,(H,15,16). The molecular formula is C29H54N2O4S4. The van der Waals surface area contributed by atoms with Gasteiger partial charge < -0.3 is 15.7 Å². The molecule has 10 heteroatoms. The highest BCUT2D eigenvalue weighted by Gasteiger charge is 2.20. The number of aliphatic carboxylic acids is 1. The summed E-state index contributed by atoms with van der Waals surface area (Å²) in [7, 11) is 7.96. The zero-order valence-corrected chi connectivity index (χ0v) is 28.0. The minimum atomic E-state index is -0.820. The van der Waals surface area contributed by atoms with Crippen LogP contribution in [0.3, 0.4) is 0 Å². The molecule has 0 radical (unpaired) electrons. The van der Waals surface area contributed by atoms with Gasteiger partial charge in [-0.3, -0.25) is 14.4 Å². The lowest BCUT2D eigenvalue weighted by Crippen LogP contribution is -2.33. The summed E-state index contributed by atoms with van der Waals surface area (Å²) in [6.07, 6.45) is 13.5. The Morgan fingerprint density at radius 3 is 1.74 bits per heavy atom. The van der Waals surface area contributed by atoms with E-state index in [-0.39, 0.29) is 18.4 Å². The van der Waals surface area contributed by atoms with Crippen LogP contribution in [0.4, 0.5) is 0 Å². The lowest BCUT2D eigenvalue weighted by atomic mass is 9.97. The van der Waals surface area contributed by atoms with Crippen LogP contribution in [0.2, 0.25) is 0 Å². The average molecular weight is 623 g/mol. The molecule has 2 amide bonds. The summed E-state index contributed by atoms with van der Waals surface area (Å²) in [4.78, 5) is 34.4. The summed E-state index contributed by atoms with van der Waals surface area (Å²) in [5.74, 6) is 2.56. The van der Waals surface area contributed by atoms with Crippen LogP contribution in [-0.2, 0) is 14.4 Å². The van der Waals surface area contributed by atoms with Gasteiger partial charge in [0.1, 0.15) is 0 Å². The summed E-state index contributed by atoms with van der Waals surface area (Å²) in [5.41, 5.74) is 0. The van der Waals surface area contributed by atoms with Crippen molar-refractivity contribution in [2.45, 2.75) is 122 Å². The van der Waals surface area contributed by atoms with E-state index in [2.05, 4.69) is 24.5 Å². The number of amides is 2. The number of hydrogen-bond acceptors (Lipinski definition) is 7. The zero-order chi connectivity index (χ0) is 28.9. The molecule has 0 spiro atoms. The molecule has 3 unspecified atom stereocenters. The summed E-state index contributed by atoms with van der Waals surface area (Å²) < 4.78 is 0. The normalized spacial score (nSPS) is 19.5. The Morgan fingerprint density at radius 1 is 0.769 bits per heavy atom. The predicted octanol–water partition coefficient (Wildman–Crippen LogP) is 7.82. The molecular weight excluding hydrogens is 569 g/mol. The van der Waals surface area contributed by atoms with Crippen molar-refractivity contribution >= 4 is 61.0 Å². The van der Waals surface area contributed by atoms with Gasteiger partial charge in [0, 0.05) is 47.9 Å². The number of carboxylic acids is 1. The van der Waals surface area contributed by atoms with Crippen LogP contribution < -0.4 is 10.6 Å². The number of rotatable bonds is 19. The molecule has 2 rings (SSSR count). The fraction of sp³-hybridized carbons (Fsp3) is 0.897. The van der Waals surface area contributed by atoms with E-state index in [4.69, 9.17) is 5.11 Å². The van der Waals surface area contributed by atoms with Crippen molar-refractivity contribution in [1.82, 2.24) is 10.6 Å². The van der Waals surface area contributed by atoms with Crippen LogP contribution >= 0.6 is 43.2 Å². The number of carbonyl (C=O) groups excluding carboxylic acids is 2. The van der Waals surface area contributed by atoms with Crippen molar-refractivity contribution in [1.29, 1.82) is 0 Å². The Kier molecular flexibility index (Phi) is 22.1. The van der Waals surface area contributed by atoms with E-state index in [0.717, 1.165) is 48.6 Å². The zero-order valence-electron chi connectivity index (χ0n) is 24.7. The first kappa shape index (κ1) is 36.8. The Hall–Kier alpha value is -0.190. The lowest BCUT2D eigenvalue weighted by Gasteiger charge is -2.15. The van der Waals surface area contributed by atoms with E-state index < -0.39 is 11.9 Å². The maximum absolute atomic E-state index is 11.7. The Morgan fingerprint density at radius 2 is 1.31 bits per heavy atom. The molecule has 2 aliphatic heterocycles. The molecule has 228 valence electrons. The molecule has 39 heavy (non-hydrogen) atoms. The van der Waals surface area contributed by atoms with E-state index >= 15 is 0 Å². The summed E-state index contributed by atoms with van der Waals surface area (Å²) in [5, 5.41) is 16.5. The number of carboxylic acid groups (broad SMARTS) is 1. The molecule has 2 aliphatic rings. The third-order valence-electron chi connectivity index (χ3n) is 6.75. The van der Waals surface area contributed by atoms with Crippen LogP contribution in [0, 0.1) is 17.8 Å². The molecule has 3 atom stereocenters. The van der Waals surface area contributed by atoms with Crippen LogP contribution in [0.5, 0.6) is 0 Å². The maximum atomic E-state index is 11.7. The quantitative estimate of drug-likeness (QED) is 0.0992. The monoisotopic (exact) mass is 622 g/mol. The Bertz CT molecular complexity index is 670. The van der Waals surface area contributed by atoms with Crippen molar-refractivity contribution < 1.29 is 19.5 Å². The molecule has 6 nitrogen and oxygen atoms in total. The molecule has 0 aliphatic carbocycles. The molecule has 3 N–H and O–H groups in total. The van der Waals surface area contributed by atoms with Gasteiger partial charge in [0.2, 0.25) is 11.8 Å². The van der Waals surface area contributed by atoms with Crippen LogP contribution in [0.15, 0.2) is 0 Å². The first-order valence-electron chi connectivity index (χ1n) is 15.0. The third-order valence-corrected chi connectivity index (χ3v) is 12.8. The average Bonchev–Trinajstić information content (AvgIpc) is 3.59. The van der Waals surface area contributed by atoms with Crippen molar-refractivity contribution in [3.05, 3.63) is 0 Å². The topological polar surface area (TPSA) is 95.5 Å². The maximum Gasteiger partial charge on any atom is 0.308 e. The number of nitrogens with one attached hydrogen (secondary N) is 2. The van der Waals surface area contributed by atoms with E-state index in [9.17, 15) is 14.4 Å². The van der Waals surface area contributed by atoms with Crippen molar-refractivity contribution in [3.8, 4) is 0 Å². The first-order chi connectivity index (χ1) is 18.7. The molecule has 0 aromatic rings. The molecule has 0 aromatic carbocycles. The first-order valence-corrected chi connectivity index (χ1v) is 19.8. The van der Waals surface area contributed by atoms with Crippen LogP contribution in [0.1, 0.15) is 111 Å². The van der Waals surface area contributed by atoms with Crippen molar-refractivity contribution in [3.63, 3.8) is 0 Å². The molecule has 2 fully saturated rings. The van der Waals surface area contributed by atoms with E-state index in [1.807, 2.05) is 57.0 Å². The van der Waals surface area contributed by atoms with Crippen molar-refractivity contribution in [2.24, 2.45) is 17.8 Å². The fourth-order valence-corrected chi connectivity index (χ4v) is 10.5. The van der Waals surface area contributed by atoms with E-state index in [0.29, 0.717) is 25.2 Å². The van der Waals surface area contributed by atoms with E-state index in [1.165, 1.54) is 50.0 Å². The van der Waals surface area contributed by atoms with Crippen molar-refractivity contribution in [2.75, 3.05) is 24.6 Å². The smallest absolute Gasteiger partial charge is 0.308 e. The van der Waals surface area contributed by atoms with Crippen LogP contribution in [0.25, 0.3) is 0 Å². The summed E-state index contributed by atoms with van der Waals surface area (Å²) in [6.45, 7) is 9.55. The highest BCUT2D eigenvalue weighted by molar-refractivity contribution is 8.77. The van der Waals surface area contributed by atoms with Gasteiger partial charge in [-0.1, -0.05) is 83.7 Å². The van der Waals surface area contributed by atoms with Gasteiger partial charge in [-0.2, -0.15) is 0 Å². The SMILES string of the molecule is CC(C)CC(CNC(=O)CCCCC1CCSS1)C(=O)O.CC(C)CCCNC(=O)CCCCC1CCSS1. The molecule has 0 aromatic heterocycles. The number of unbranched alkanes of at least 4 members (excludes halogenated alkanes) is 2. The van der Waals surface area contributed by atoms with Gasteiger partial charge in [-0.15, -0.1) is 0 Å².